The smallest absolute Gasteiger partial charge is 0.327 e. The number of carbonyl (C=O) groups excluding carboxylic acids is 1. The molecule has 2 aromatic rings. The number of furan rings is 1. The summed E-state index contributed by atoms with van der Waals surface area (Å²) in [5.41, 5.74) is 0.997. The van der Waals surface area contributed by atoms with Gasteiger partial charge in [-0.15, -0.1) is 0 Å². The molecule has 0 unspecified atom stereocenters. The summed E-state index contributed by atoms with van der Waals surface area (Å²) >= 11 is 5.99. The van der Waals surface area contributed by atoms with Gasteiger partial charge >= 0.3 is 6.03 Å². The van der Waals surface area contributed by atoms with Gasteiger partial charge in [-0.1, -0.05) is 12.8 Å². The summed E-state index contributed by atoms with van der Waals surface area (Å²) in [6.07, 6.45) is 4.62. The Morgan fingerprint density at radius 3 is 2.85 bits per heavy atom. The number of hydrogen-bond acceptors (Lipinski definition) is 6. The van der Waals surface area contributed by atoms with Crippen molar-refractivity contribution in [3.8, 4) is 0 Å². The van der Waals surface area contributed by atoms with Crippen molar-refractivity contribution in [1.82, 2.24) is 24.1 Å². The lowest BCUT2D eigenvalue weighted by atomic mass is 10.4. The van der Waals surface area contributed by atoms with Crippen LogP contribution in [0, 0.1) is 6.92 Å². The number of amides is 2. The topological polar surface area (TPSA) is 66.5 Å². The Hall–Kier alpha value is -1.58. The normalized spacial score (nSPS) is 11.1. The molecule has 0 fully saturated rings. The number of thioether (sulfide) groups is 1. The quantitative estimate of drug-likeness (QED) is 0.439. The van der Waals surface area contributed by atoms with Crippen LogP contribution in [0.5, 0.6) is 0 Å². The minimum atomic E-state index is -0.160. The maximum atomic E-state index is 12.0. The Labute approximate surface area is 171 Å². The second-order valence-electron chi connectivity index (χ2n) is 6.62. The van der Waals surface area contributed by atoms with Crippen molar-refractivity contribution in [2.45, 2.75) is 32.2 Å². The molecular weight excluding hydrogens is 382 g/mol. The van der Waals surface area contributed by atoms with E-state index in [4.69, 9.17) is 4.42 Å². The number of nitrogens with zero attached hydrogens (tertiary/aromatic N) is 4. The summed E-state index contributed by atoms with van der Waals surface area (Å²) in [6, 6.07) is 3.87. The van der Waals surface area contributed by atoms with Crippen LogP contribution >= 0.6 is 24.6 Å². The number of nitrogens with one attached hydrogen (secondary N) is 1. The van der Waals surface area contributed by atoms with E-state index in [1.165, 1.54) is 4.31 Å². The van der Waals surface area contributed by atoms with Crippen LogP contribution in [-0.2, 0) is 18.8 Å². The van der Waals surface area contributed by atoms with Gasteiger partial charge in [-0.3, -0.25) is 4.31 Å². The largest absolute Gasteiger partial charge is 0.464 e. The van der Waals surface area contributed by atoms with Gasteiger partial charge in [0.15, 0.2) is 0 Å². The molecule has 0 saturated carbocycles. The minimum absolute atomic E-state index is 0.160. The monoisotopic (exact) mass is 411 g/mol. The van der Waals surface area contributed by atoms with Crippen molar-refractivity contribution < 1.29 is 9.21 Å². The van der Waals surface area contributed by atoms with Crippen LogP contribution in [0.1, 0.15) is 23.6 Å². The lowest BCUT2D eigenvalue weighted by Crippen LogP contribution is -2.36. The summed E-state index contributed by atoms with van der Waals surface area (Å²) in [7, 11) is 4.03. The first-order valence-corrected chi connectivity index (χ1v) is 10.5. The Bertz CT molecular complexity index is 701. The first kappa shape index (κ1) is 21.7. The van der Waals surface area contributed by atoms with Crippen molar-refractivity contribution in [2.24, 2.45) is 0 Å². The van der Waals surface area contributed by atoms with E-state index in [1.54, 1.807) is 18.1 Å². The lowest BCUT2D eigenvalue weighted by Gasteiger charge is -2.16. The molecule has 27 heavy (non-hydrogen) atoms. The number of thiol groups is 1. The van der Waals surface area contributed by atoms with E-state index in [2.05, 4.69) is 28.0 Å². The molecule has 0 aromatic carbocycles. The second-order valence-corrected chi connectivity index (χ2v) is 8.21. The number of aromatic nitrogens is 2. The molecule has 0 saturated heterocycles. The van der Waals surface area contributed by atoms with Crippen LogP contribution in [0.15, 0.2) is 29.1 Å². The molecule has 0 spiro atoms. The third kappa shape index (κ3) is 8.32. The van der Waals surface area contributed by atoms with Gasteiger partial charge in [-0.05, 0) is 39.6 Å². The highest BCUT2D eigenvalue weighted by Crippen LogP contribution is 2.16. The molecule has 9 heteroatoms. The number of hydrogen-bond donors (Lipinski definition) is 2. The zero-order chi connectivity index (χ0) is 19.6. The molecular formula is C18H29N5O2S2. The van der Waals surface area contributed by atoms with Crippen LogP contribution in [0.3, 0.4) is 0 Å². The summed E-state index contributed by atoms with van der Waals surface area (Å²) in [4.78, 5) is 18.3. The van der Waals surface area contributed by atoms with Gasteiger partial charge in [0.05, 0.1) is 24.3 Å². The number of rotatable bonds is 11. The van der Waals surface area contributed by atoms with Crippen molar-refractivity contribution in [3.63, 3.8) is 0 Å². The molecule has 2 rings (SSSR count). The molecule has 0 aliphatic rings. The summed E-state index contributed by atoms with van der Waals surface area (Å²) in [6.45, 7) is 4.77. The average molecular weight is 412 g/mol. The molecule has 150 valence electrons. The van der Waals surface area contributed by atoms with Gasteiger partial charge in [0.2, 0.25) is 0 Å². The molecule has 2 aromatic heterocycles. The van der Waals surface area contributed by atoms with Crippen LogP contribution in [0.4, 0.5) is 4.79 Å². The molecule has 0 bridgehead atoms. The zero-order valence-corrected chi connectivity index (χ0v) is 17.9. The molecule has 0 radical (unpaired) electrons. The Morgan fingerprint density at radius 2 is 2.15 bits per heavy atom. The highest BCUT2D eigenvalue weighted by atomic mass is 32.2. The number of urea groups is 1. The SMILES string of the molecule is Cc1cn(CCCN(S)C(=O)NCCSCc2ccc(CN(C)C)o2)cn1. The van der Waals surface area contributed by atoms with Crippen LogP contribution in [0.2, 0.25) is 0 Å². The fourth-order valence-electron chi connectivity index (χ4n) is 2.49. The zero-order valence-electron chi connectivity index (χ0n) is 16.2. The highest BCUT2D eigenvalue weighted by Gasteiger charge is 2.09. The fourth-order valence-corrected chi connectivity index (χ4v) is 3.45. The van der Waals surface area contributed by atoms with Crippen molar-refractivity contribution in [3.05, 3.63) is 41.9 Å². The molecule has 0 atom stereocenters. The van der Waals surface area contributed by atoms with Gasteiger partial charge in [-0.2, -0.15) is 11.8 Å². The number of carbonyl (C=O) groups is 1. The van der Waals surface area contributed by atoms with Gasteiger partial charge < -0.3 is 19.2 Å². The number of aryl methyl sites for hydroxylation is 2. The van der Waals surface area contributed by atoms with Gasteiger partial charge in [0, 0.05) is 31.6 Å². The Kier molecular flexibility index (Phi) is 9.09. The van der Waals surface area contributed by atoms with Crippen LogP contribution < -0.4 is 5.32 Å². The van der Waals surface area contributed by atoms with E-state index in [0.29, 0.717) is 13.1 Å². The van der Waals surface area contributed by atoms with E-state index < -0.39 is 0 Å². The fraction of sp³-hybridized carbons (Fsp3) is 0.556. The maximum absolute atomic E-state index is 12.0. The first-order chi connectivity index (χ1) is 12.9. The van der Waals surface area contributed by atoms with Crippen molar-refractivity contribution >= 4 is 30.6 Å². The number of imidazole rings is 1. The average Bonchev–Trinajstić information content (AvgIpc) is 3.22. The third-order valence-electron chi connectivity index (χ3n) is 3.74. The van der Waals surface area contributed by atoms with E-state index >= 15 is 0 Å². The predicted molar refractivity (Wildman–Crippen MR) is 113 cm³/mol. The standard InChI is InChI=1S/C18H29N5O2S2/c1-15-11-22(14-20-15)8-4-9-23(26)18(24)19-7-10-27-13-17-6-5-16(25-17)12-21(2)3/h5-6,11,14,26H,4,7-10,12-13H2,1-3H3,(H,19,24). The molecule has 7 nitrogen and oxygen atoms in total. The first-order valence-electron chi connectivity index (χ1n) is 8.96. The predicted octanol–water partition coefficient (Wildman–Crippen LogP) is 3.03. The van der Waals surface area contributed by atoms with Crippen molar-refractivity contribution in [1.29, 1.82) is 0 Å². The molecule has 2 heterocycles. The van der Waals surface area contributed by atoms with Crippen LogP contribution in [0.25, 0.3) is 0 Å². The Balaban J connectivity index is 1.53. The summed E-state index contributed by atoms with van der Waals surface area (Å²) in [5, 5.41) is 2.89. The lowest BCUT2D eigenvalue weighted by molar-refractivity contribution is 0.226. The Morgan fingerprint density at radius 1 is 1.37 bits per heavy atom. The molecule has 0 aliphatic carbocycles. The molecule has 1 N–H and O–H groups in total. The second kappa shape index (κ2) is 11.3. The van der Waals surface area contributed by atoms with Crippen molar-refractivity contribution in [2.75, 3.05) is 32.9 Å². The van der Waals surface area contributed by atoms with Gasteiger partial charge in [-0.25, -0.2) is 9.78 Å². The van der Waals surface area contributed by atoms with Crippen LogP contribution in [-0.4, -0.2) is 57.7 Å². The summed E-state index contributed by atoms with van der Waals surface area (Å²) < 4.78 is 9.21. The van der Waals surface area contributed by atoms with Gasteiger partial charge in [0.1, 0.15) is 11.5 Å². The minimum Gasteiger partial charge on any atom is -0.464 e. The van der Waals surface area contributed by atoms with Gasteiger partial charge in [0.25, 0.3) is 0 Å². The molecule has 2 amide bonds. The maximum Gasteiger partial charge on any atom is 0.327 e. The molecule has 0 aliphatic heterocycles. The van der Waals surface area contributed by atoms with E-state index in [-0.39, 0.29) is 6.03 Å². The third-order valence-corrected chi connectivity index (χ3v) is 5.10. The highest BCUT2D eigenvalue weighted by molar-refractivity contribution is 7.98. The van der Waals surface area contributed by atoms with E-state index in [0.717, 1.165) is 48.2 Å². The van der Waals surface area contributed by atoms with E-state index in [1.807, 2.05) is 43.9 Å². The summed E-state index contributed by atoms with van der Waals surface area (Å²) in [5.74, 6) is 3.57. The van der Waals surface area contributed by atoms with E-state index in [9.17, 15) is 4.79 Å².